The van der Waals surface area contributed by atoms with Crippen molar-refractivity contribution in [3.8, 4) is 0 Å². The fourth-order valence-corrected chi connectivity index (χ4v) is 1.88. The van der Waals surface area contributed by atoms with Gasteiger partial charge in [-0.1, -0.05) is 17.7 Å². The molecule has 1 aromatic heterocycles. The molecule has 5 heteroatoms. The number of fused-ring (bicyclic) bond motifs is 1. The summed E-state index contributed by atoms with van der Waals surface area (Å²) >= 11 is 5.95. The van der Waals surface area contributed by atoms with E-state index in [0.717, 1.165) is 5.56 Å². The molecule has 3 nitrogen and oxygen atoms in total. The average Bonchev–Trinajstić information content (AvgIpc) is 2.32. The summed E-state index contributed by atoms with van der Waals surface area (Å²) in [6, 6.07) is 4.21. The van der Waals surface area contributed by atoms with Crippen LogP contribution in [0, 0.1) is 12.7 Å². The zero-order valence-corrected chi connectivity index (χ0v) is 10.0. The number of ether oxygens (including phenoxy) is 1. The SMILES string of the molecule is COC(=O)c1cc(Cl)c2c(F)ccc(C)c2n1. The van der Waals surface area contributed by atoms with Gasteiger partial charge in [0.25, 0.3) is 0 Å². The summed E-state index contributed by atoms with van der Waals surface area (Å²) in [5.41, 5.74) is 1.19. The van der Waals surface area contributed by atoms with E-state index in [1.807, 2.05) is 0 Å². The molecule has 0 unspecified atom stereocenters. The molecule has 0 saturated carbocycles. The fourth-order valence-electron chi connectivity index (χ4n) is 1.60. The molecule has 0 spiro atoms. The minimum Gasteiger partial charge on any atom is -0.464 e. The van der Waals surface area contributed by atoms with Gasteiger partial charge in [0.15, 0.2) is 5.69 Å². The third-order valence-corrected chi connectivity index (χ3v) is 2.76. The molecule has 0 atom stereocenters. The first kappa shape index (κ1) is 11.8. The fraction of sp³-hybridized carbons (Fsp3) is 0.167. The number of carbonyl (C=O) groups is 1. The van der Waals surface area contributed by atoms with E-state index in [1.165, 1.54) is 19.2 Å². The Morgan fingerprint density at radius 1 is 1.47 bits per heavy atom. The Morgan fingerprint density at radius 3 is 2.82 bits per heavy atom. The van der Waals surface area contributed by atoms with Crippen LogP contribution >= 0.6 is 11.6 Å². The number of methoxy groups -OCH3 is 1. The molecule has 0 radical (unpaired) electrons. The molecule has 0 aliphatic heterocycles. The van der Waals surface area contributed by atoms with Crippen molar-refractivity contribution in [1.29, 1.82) is 0 Å². The Labute approximate surface area is 102 Å². The number of nitrogens with zero attached hydrogens (tertiary/aromatic N) is 1. The van der Waals surface area contributed by atoms with Gasteiger partial charge in [-0.3, -0.25) is 0 Å². The minimum absolute atomic E-state index is 0.0682. The topological polar surface area (TPSA) is 39.2 Å². The molecular weight excluding hydrogens is 245 g/mol. The Hall–Kier alpha value is -1.68. The third kappa shape index (κ3) is 1.96. The highest BCUT2D eigenvalue weighted by Crippen LogP contribution is 2.28. The number of carbonyl (C=O) groups excluding carboxylic acids is 1. The first-order valence-corrected chi connectivity index (χ1v) is 5.26. The van der Waals surface area contributed by atoms with Crippen LogP contribution in [-0.2, 0) is 4.74 Å². The van der Waals surface area contributed by atoms with E-state index >= 15 is 0 Å². The van der Waals surface area contributed by atoms with Gasteiger partial charge in [0.05, 0.1) is 23.0 Å². The van der Waals surface area contributed by atoms with E-state index in [9.17, 15) is 9.18 Å². The second-order valence-electron chi connectivity index (χ2n) is 3.57. The molecule has 1 aromatic carbocycles. The molecule has 1 heterocycles. The number of rotatable bonds is 1. The minimum atomic E-state index is -0.600. The van der Waals surface area contributed by atoms with Crippen molar-refractivity contribution < 1.29 is 13.9 Å². The van der Waals surface area contributed by atoms with E-state index in [-0.39, 0.29) is 16.1 Å². The quantitative estimate of drug-likeness (QED) is 0.733. The van der Waals surface area contributed by atoms with E-state index < -0.39 is 11.8 Å². The van der Waals surface area contributed by atoms with Crippen LogP contribution < -0.4 is 0 Å². The molecule has 2 rings (SSSR count). The van der Waals surface area contributed by atoms with E-state index in [4.69, 9.17) is 11.6 Å². The summed E-state index contributed by atoms with van der Waals surface area (Å²) in [7, 11) is 1.25. The first-order chi connectivity index (χ1) is 8.04. The summed E-state index contributed by atoms with van der Waals surface area (Å²) in [4.78, 5) is 15.4. The van der Waals surface area contributed by atoms with Crippen LogP contribution in [0.4, 0.5) is 4.39 Å². The maximum Gasteiger partial charge on any atom is 0.356 e. The molecule has 0 amide bonds. The maximum atomic E-state index is 13.6. The first-order valence-electron chi connectivity index (χ1n) is 4.88. The standard InChI is InChI=1S/C12H9ClFNO2/c1-6-3-4-8(14)10-7(13)5-9(12(16)17-2)15-11(6)10/h3-5H,1-2H3. The highest BCUT2D eigenvalue weighted by Gasteiger charge is 2.15. The lowest BCUT2D eigenvalue weighted by molar-refractivity contribution is 0.0594. The Kier molecular flexibility index (Phi) is 2.98. The predicted molar refractivity (Wildman–Crippen MR) is 62.8 cm³/mol. The van der Waals surface area contributed by atoms with Crippen LogP contribution in [0.2, 0.25) is 5.02 Å². The molecule has 0 bridgehead atoms. The lowest BCUT2D eigenvalue weighted by atomic mass is 10.1. The molecule has 0 aliphatic rings. The van der Waals surface area contributed by atoms with Gasteiger partial charge < -0.3 is 4.74 Å². The van der Waals surface area contributed by atoms with Gasteiger partial charge in [0.2, 0.25) is 0 Å². The van der Waals surface area contributed by atoms with Crippen LogP contribution in [0.1, 0.15) is 16.1 Å². The molecule has 2 aromatic rings. The monoisotopic (exact) mass is 253 g/mol. The van der Waals surface area contributed by atoms with Crippen molar-refractivity contribution in [2.24, 2.45) is 0 Å². The third-order valence-electron chi connectivity index (χ3n) is 2.46. The molecule has 17 heavy (non-hydrogen) atoms. The lowest BCUT2D eigenvalue weighted by Crippen LogP contribution is -2.05. The number of aryl methyl sites for hydroxylation is 1. The van der Waals surface area contributed by atoms with Crippen molar-refractivity contribution in [3.05, 3.63) is 40.3 Å². The molecule has 0 fully saturated rings. The zero-order chi connectivity index (χ0) is 12.6. The normalized spacial score (nSPS) is 10.6. The summed E-state index contributed by atoms with van der Waals surface area (Å²) in [5.74, 6) is -1.06. The van der Waals surface area contributed by atoms with Gasteiger partial charge in [0, 0.05) is 0 Å². The highest BCUT2D eigenvalue weighted by atomic mass is 35.5. The second-order valence-corrected chi connectivity index (χ2v) is 3.98. The molecule has 0 saturated heterocycles. The Morgan fingerprint density at radius 2 is 2.18 bits per heavy atom. The summed E-state index contributed by atoms with van der Waals surface area (Å²) in [6.07, 6.45) is 0. The molecular formula is C12H9ClFNO2. The highest BCUT2D eigenvalue weighted by molar-refractivity contribution is 6.35. The predicted octanol–water partition coefficient (Wildman–Crippen LogP) is 3.12. The van der Waals surface area contributed by atoms with Crippen LogP contribution in [-0.4, -0.2) is 18.1 Å². The van der Waals surface area contributed by atoms with Gasteiger partial charge in [-0.2, -0.15) is 0 Å². The van der Waals surface area contributed by atoms with Gasteiger partial charge in [-0.15, -0.1) is 0 Å². The average molecular weight is 254 g/mol. The van der Waals surface area contributed by atoms with Crippen LogP contribution in [0.15, 0.2) is 18.2 Å². The van der Waals surface area contributed by atoms with Crippen molar-refractivity contribution in [2.45, 2.75) is 6.92 Å². The zero-order valence-electron chi connectivity index (χ0n) is 9.25. The van der Waals surface area contributed by atoms with E-state index in [0.29, 0.717) is 5.52 Å². The largest absolute Gasteiger partial charge is 0.464 e. The second kappa shape index (κ2) is 4.30. The maximum absolute atomic E-state index is 13.6. The van der Waals surface area contributed by atoms with Gasteiger partial charge in [-0.25, -0.2) is 14.2 Å². The van der Waals surface area contributed by atoms with Crippen molar-refractivity contribution >= 4 is 28.5 Å². The number of halogens is 2. The number of esters is 1. The molecule has 88 valence electrons. The van der Waals surface area contributed by atoms with Gasteiger partial charge in [-0.05, 0) is 24.6 Å². The number of aromatic nitrogens is 1. The summed E-state index contributed by atoms with van der Waals surface area (Å²) in [5, 5.41) is 0.371. The molecule has 0 N–H and O–H groups in total. The van der Waals surface area contributed by atoms with Gasteiger partial charge in [0.1, 0.15) is 5.82 Å². The number of hydrogen-bond donors (Lipinski definition) is 0. The van der Waals surface area contributed by atoms with Crippen LogP contribution in [0.25, 0.3) is 10.9 Å². The van der Waals surface area contributed by atoms with Gasteiger partial charge >= 0.3 is 5.97 Å². The lowest BCUT2D eigenvalue weighted by Gasteiger charge is -2.07. The van der Waals surface area contributed by atoms with Crippen molar-refractivity contribution in [1.82, 2.24) is 4.98 Å². The Balaban J connectivity index is 2.82. The number of pyridine rings is 1. The Bertz CT molecular complexity index is 613. The van der Waals surface area contributed by atoms with Crippen LogP contribution in [0.5, 0.6) is 0 Å². The molecule has 0 aliphatic carbocycles. The number of benzene rings is 1. The summed E-state index contributed by atoms with van der Waals surface area (Å²) < 4.78 is 18.2. The van der Waals surface area contributed by atoms with Crippen LogP contribution in [0.3, 0.4) is 0 Å². The van der Waals surface area contributed by atoms with E-state index in [1.54, 1.807) is 13.0 Å². The summed E-state index contributed by atoms with van der Waals surface area (Å²) in [6.45, 7) is 1.77. The van der Waals surface area contributed by atoms with Crippen molar-refractivity contribution in [2.75, 3.05) is 7.11 Å². The van der Waals surface area contributed by atoms with Crippen molar-refractivity contribution in [3.63, 3.8) is 0 Å². The van der Waals surface area contributed by atoms with E-state index in [2.05, 4.69) is 9.72 Å². The smallest absolute Gasteiger partial charge is 0.356 e. The number of hydrogen-bond acceptors (Lipinski definition) is 3.